The molecule has 2 aromatic rings. The van der Waals surface area contributed by atoms with Crippen LogP contribution in [0.4, 0.5) is 0 Å². The van der Waals surface area contributed by atoms with E-state index in [1.165, 1.54) is 5.56 Å². The van der Waals surface area contributed by atoms with Crippen LogP contribution in [0.15, 0.2) is 42.5 Å². The highest BCUT2D eigenvalue weighted by molar-refractivity contribution is 5.81. The van der Waals surface area contributed by atoms with Gasteiger partial charge in [-0.3, -0.25) is 4.79 Å². The van der Waals surface area contributed by atoms with E-state index in [1.807, 2.05) is 56.3 Å². The molecule has 25 heavy (non-hydrogen) atoms. The molecule has 1 amide bonds. The van der Waals surface area contributed by atoms with Gasteiger partial charge in [0, 0.05) is 19.2 Å². The molecule has 2 rings (SSSR count). The first-order valence-electron chi connectivity index (χ1n) is 8.57. The zero-order valence-corrected chi connectivity index (χ0v) is 15.7. The highest BCUT2D eigenvalue weighted by Crippen LogP contribution is 2.21. The van der Waals surface area contributed by atoms with Crippen LogP contribution < -0.4 is 9.47 Å². The van der Waals surface area contributed by atoms with E-state index >= 15 is 0 Å². The van der Waals surface area contributed by atoms with Crippen molar-refractivity contribution in [1.82, 2.24) is 4.90 Å². The second-order valence-corrected chi connectivity index (χ2v) is 6.27. The Morgan fingerprint density at radius 2 is 1.84 bits per heavy atom. The third-order valence-electron chi connectivity index (χ3n) is 4.38. The number of likely N-dealkylation sites (N-methyl/N-ethyl adjacent to an activating group) is 1. The predicted octanol–water partition coefficient (Wildman–Crippen LogP) is 4.13. The summed E-state index contributed by atoms with van der Waals surface area (Å²) < 4.78 is 11.3. The molecule has 4 nitrogen and oxygen atoms in total. The molecule has 0 saturated heterocycles. The van der Waals surface area contributed by atoms with Crippen LogP contribution in [-0.2, 0) is 11.3 Å². The number of aryl methyl sites for hydroxylation is 2. The summed E-state index contributed by atoms with van der Waals surface area (Å²) in [5.41, 5.74) is 3.34. The Hall–Kier alpha value is -2.49. The summed E-state index contributed by atoms with van der Waals surface area (Å²) in [6.45, 7) is 6.54. The van der Waals surface area contributed by atoms with Gasteiger partial charge in [0.1, 0.15) is 11.5 Å². The molecule has 0 aliphatic heterocycles. The minimum atomic E-state index is -0.498. The van der Waals surface area contributed by atoms with Crippen LogP contribution in [0, 0.1) is 13.8 Å². The van der Waals surface area contributed by atoms with Gasteiger partial charge < -0.3 is 14.4 Å². The molecule has 4 heteroatoms. The van der Waals surface area contributed by atoms with Crippen molar-refractivity contribution in [3.63, 3.8) is 0 Å². The number of methoxy groups -OCH3 is 1. The summed E-state index contributed by atoms with van der Waals surface area (Å²) >= 11 is 0. The first-order valence-corrected chi connectivity index (χ1v) is 8.57. The molecule has 1 atom stereocenters. The second kappa shape index (κ2) is 8.56. The fraction of sp³-hybridized carbons (Fsp3) is 0.381. The van der Waals surface area contributed by atoms with Crippen molar-refractivity contribution in [3.8, 4) is 11.5 Å². The van der Waals surface area contributed by atoms with Crippen LogP contribution in [0.3, 0.4) is 0 Å². The molecule has 0 saturated carbocycles. The molecular formula is C21H27NO3. The average molecular weight is 341 g/mol. The van der Waals surface area contributed by atoms with Crippen LogP contribution in [0.1, 0.15) is 30.0 Å². The van der Waals surface area contributed by atoms with Gasteiger partial charge in [0.05, 0.1) is 7.11 Å². The number of carbonyl (C=O) groups excluding carboxylic acids is 1. The van der Waals surface area contributed by atoms with Crippen molar-refractivity contribution in [3.05, 3.63) is 59.2 Å². The molecule has 0 radical (unpaired) electrons. The van der Waals surface area contributed by atoms with Crippen LogP contribution >= 0.6 is 0 Å². The number of rotatable bonds is 7. The number of ether oxygens (including phenoxy) is 2. The van der Waals surface area contributed by atoms with E-state index in [1.54, 1.807) is 19.1 Å². The van der Waals surface area contributed by atoms with Crippen LogP contribution in [0.5, 0.6) is 11.5 Å². The van der Waals surface area contributed by atoms with Crippen LogP contribution in [0.2, 0.25) is 0 Å². The van der Waals surface area contributed by atoms with Gasteiger partial charge in [-0.25, -0.2) is 0 Å². The van der Waals surface area contributed by atoms with Crippen molar-refractivity contribution >= 4 is 5.91 Å². The second-order valence-electron chi connectivity index (χ2n) is 6.27. The highest BCUT2D eigenvalue weighted by Gasteiger charge is 2.23. The zero-order valence-electron chi connectivity index (χ0n) is 15.7. The molecule has 0 bridgehead atoms. The molecule has 0 aliphatic rings. The molecular weight excluding hydrogens is 314 g/mol. The average Bonchev–Trinajstić information content (AvgIpc) is 2.62. The fourth-order valence-corrected chi connectivity index (χ4v) is 2.67. The SMILES string of the molecule is CCC(Oc1ccc(C)c(C)c1)C(=O)N(C)Cc1ccccc1OC. The largest absolute Gasteiger partial charge is 0.496 e. The summed E-state index contributed by atoms with van der Waals surface area (Å²) in [6, 6.07) is 13.6. The standard InChI is InChI=1S/C21H27NO3/c1-6-19(25-18-12-11-15(2)16(3)13-18)21(23)22(4)14-17-9-7-8-10-20(17)24-5/h7-13,19H,6,14H2,1-5H3. The smallest absolute Gasteiger partial charge is 0.263 e. The summed E-state index contributed by atoms with van der Waals surface area (Å²) in [5, 5.41) is 0. The van der Waals surface area contributed by atoms with Crippen LogP contribution in [0.25, 0.3) is 0 Å². The normalized spacial score (nSPS) is 11.7. The van der Waals surface area contributed by atoms with Gasteiger partial charge in [-0.15, -0.1) is 0 Å². The number of para-hydroxylation sites is 1. The van der Waals surface area contributed by atoms with Gasteiger partial charge in [-0.1, -0.05) is 31.2 Å². The van der Waals surface area contributed by atoms with Crippen molar-refractivity contribution in [2.75, 3.05) is 14.2 Å². The van der Waals surface area contributed by atoms with Crippen molar-refractivity contribution in [2.45, 2.75) is 39.8 Å². The van der Waals surface area contributed by atoms with E-state index in [4.69, 9.17) is 9.47 Å². The Morgan fingerprint density at radius 3 is 2.48 bits per heavy atom. The van der Waals surface area contributed by atoms with E-state index in [9.17, 15) is 4.79 Å². The fourth-order valence-electron chi connectivity index (χ4n) is 2.67. The van der Waals surface area contributed by atoms with Crippen molar-refractivity contribution in [2.24, 2.45) is 0 Å². The molecule has 0 aromatic heterocycles. The monoisotopic (exact) mass is 341 g/mol. The van der Waals surface area contributed by atoms with Gasteiger partial charge in [0.2, 0.25) is 0 Å². The first kappa shape index (κ1) is 18.8. The van der Waals surface area contributed by atoms with E-state index in [2.05, 4.69) is 6.92 Å². The molecule has 2 aromatic carbocycles. The lowest BCUT2D eigenvalue weighted by atomic mass is 10.1. The number of nitrogens with zero attached hydrogens (tertiary/aromatic N) is 1. The molecule has 134 valence electrons. The number of hydrogen-bond acceptors (Lipinski definition) is 3. The topological polar surface area (TPSA) is 38.8 Å². The molecule has 0 aliphatic carbocycles. The molecule has 0 heterocycles. The third-order valence-corrected chi connectivity index (χ3v) is 4.38. The third kappa shape index (κ3) is 4.75. The Morgan fingerprint density at radius 1 is 1.12 bits per heavy atom. The maximum atomic E-state index is 12.8. The lowest BCUT2D eigenvalue weighted by Gasteiger charge is -2.24. The van der Waals surface area contributed by atoms with Gasteiger partial charge in [-0.05, 0) is 49.6 Å². The summed E-state index contributed by atoms with van der Waals surface area (Å²) in [4.78, 5) is 14.5. The Labute approximate surface area is 150 Å². The van der Waals surface area contributed by atoms with E-state index in [0.717, 1.165) is 22.6 Å². The predicted molar refractivity (Wildman–Crippen MR) is 100 cm³/mol. The number of benzene rings is 2. The minimum absolute atomic E-state index is 0.0355. The Balaban J connectivity index is 2.08. The lowest BCUT2D eigenvalue weighted by molar-refractivity contribution is -0.138. The van der Waals surface area contributed by atoms with Gasteiger partial charge in [-0.2, -0.15) is 0 Å². The molecule has 1 unspecified atom stereocenters. The first-order chi connectivity index (χ1) is 12.0. The highest BCUT2D eigenvalue weighted by atomic mass is 16.5. The maximum absolute atomic E-state index is 12.8. The summed E-state index contributed by atoms with van der Waals surface area (Å²) in [7, 11) is 3.43. The van der Waals surface area contributed by atoms with Crippen molar-refractivity contribution in [1.29, 1.82) is 0 Å². The van der Waals surface area contributed by atoms with Crippen LogP contribution in [-0.4, -0.2) is 31.1 Å². The van der Waals surface area contributed by atoms with Gasteiger partial charge >= 0.3 is 0 Å². The van der Waals surface area contributed by atoms with Gasteiger partial charge in [0.15, 0.2) is 6.10 Å². The zero-order chi connectivity index (χ0) is 18.4. The summed E-state index contributed by atoms with van der Waals surface area (Å²) in [5.74, 6) is 1.48. The Kier molecular flexibility index (Phi) is 6.45. The number of hydrogen-bond donors (Lipinski definition) is 0. The maximum Gasteiger partial charge on any atom is 0.263 e. The lowest BCUT2D eigenvalue weighted by Crippen LogP contribution is -2.39. The Bertz CT molecular complexity index is 727. The minimum Gasteiger partial charge on any atom is -0.496 e. The van der Waals surface area contributed by atoms with Gasteiger partial charge in [0.25, 0.3) is 5.91 Å². The van der Waals surface area contributed by atoms with E-state index in [-0.39, 0.29) is 5.91 Å². The summed E-state index contributed by atoms with van der Waals surface area (Å²) in [6.07, 6.45) is 0.115. The van der Waals surface area contributed by atoms with E-state index in [0.29, 0.717) is 13.0 Å². The molecule has 0 N–H and O–H groups in total. The molecule has 0 fully saturated rings. The quantitative estimate of drug-likeness (QED) is 0.760. The number of amides is 1. The molecule has 0 spiro atoms. The van der Waals surface area contributed by atoms with E-state index < -0.39 is 6.10 Å². The van der Waals surface area contributed by atoms with Crippen molar-refractivity contribution < 1.29 is 14.3 Å². The number of carbonyl (C=O) groups is 1.